The van der Waals surface area contributed by atoms with Gasteiger partial charge in [0, 0.05) is 24.7 Å². The number of guanidine groups is 1. The number of nitrogens with zero attached hydrogens (tertiary/aromatic N) is 1. The Bertz CT molecular complexity index is 810. The van der Waals surface area contributed by atoms with Gasteiger partial charge in [0.1, 0.15) is 0 Å². The second kappa shape index (κ2) is 9.93. The Morgan fingerprint density at radius 2 is 1.86 bits per heavy atom. The van der Waals surface area contributed by atoms with Crippen LogP contribution in [0.15, 0.2) is 53.5 Å². The van der Waals surface area contributed by atoms with E-state index in [2.05, 4.69) is 59.1 Å². The summed E-state index contributed by atoms with van der Waals surface area (Å²) in [6, 6.07) is 16.4. The lowest BCUT2D eigenvalue weighted by Gasteiger charge is -2.24. The molecule has 148 valence electrons. The van der Waals surface area contributed by atoms with Crippen LogP contribution >= 0.6 is 0 Å². The van der Waals surface area contributed by atoms with Crippen molar-refractivity contribution in [3.05, 3.63) is 65.2 Å². The lowest BCUT2D eigenvalue weighted by molar-refractivity contribution is -0.122. The summed E-state index contributed by atoms with van der Waals surface area (Å²) in [6.07, 6.45) is 3.18. The number of benzene rings is 2. The second-order valence-electron chi connectivity index (χ2n) is 7.35. The van der Waals surface area contributed by atoms with Gasteiger partial charge in [-0.15, -0.1) is 0 Å². The Hall–Kier alpha value is -2.82. The zero-order valence-corrected chi connectivity index (χ0v) is 16.8. The molecular formula is C23H30N4O. The van der Waals surface area contributed by atoms with Gasteiger partial charge >= 0.3 is 0 Å². The highest BCUT2D eigenvalue weighted by Crippen LogP contribution is 2.27. The van der Waals surface area contributed by atoms with E-state index < -0.39 is 0 Å². The Morgan fingerprint density at radius 1 is 1.07 bits per heavy atom. The number of rotatable bonds is 7. The maximum absolute atomic E-state index is 12.1. The third-order valence-corrected chi connectivity index (χ3v) is 5.02. The van der Waals surface area contributed by atoms with Crippen molar-refractivity contribution < 1.29 is 4.79 Å². The average molecular weight is 379 g/mol. The molecule has 0 radical (unpaired) electrons. The Labute approximate surface area is 167 Å². The predicted molar refractivity (Wildman–Crippen MR) is 115 cm³/mol. The van der Waals surface area contributed by atoms with Gasteiger partial charge in [-0.05, 0) is 49.9 Å². The largest absolute Gasteiger partial charge is 0.357 e. The van der Waals surface area contributed by atoms with Crippen molar-refractivity contribution in [3.63, 3.8) is 0 Å². The Balaban J connectivity index is 1.57. The van der Waals surface area contributed by atoms with E-state index in [0.29, 0.717) is 6.54 Å². The molecule has 3 N–H and O–H groups in total. The van der Waals surface area contributed by atoms with Crippen LogP contribution < -0.4 is 16.0 Å². The molecule has 0 saturated heterocycles. The van der Waals surface area contributed by atoms with E-state index in [9.17, 15) is 4.79 Å². The van der Waals surface area contributed by atoms with Crippen molar-refractivity contribution in [1.29, 1.82) is 0 Å². The maximum atomic E-state index is 12.1. The average Bonchev–Trinajstić information content (AvgIpc) is 2.64. The number of nitrogens with one attached hydrogen (secondary N) is 3. The molecule has 5 nitrogen and oxygen atoms in total. The number of carbonyl (C=O) groups is 1. The van der Waals surface area contributed by atoms with E-state index in [1.807, 2.05) is 24.3 Å². The van der Waals surface area contributed by atoms with Crippen LogP contribution in [-0.4, -0.2) is 18.4 Å². The van der Waals surface area contributed by atoms with Gasteiger partial charge in [0.15, 0.2) is 5.96 Å². The van der Waals surface area contributed by atoms with E-state index in [0.717, 1.165) is 49.6 Å². The number of aliphatic imine (C=N–C) groups is 1. The Morgan fingerprint density at radius 3 is 2.54 bits per heavy atom. The number of aryl methyl sites for hydroxylation is 1. The molecule has 0 bridgehead atoms. The topological polar surface area (TPSA) is 65.5 Å². The first kappa shape index (κ1) is 19.9. The van der Waals surface area contributed by atoms with Crippen LogP contribution in [0.4, 0.5) is 5.69 Å². The fourth-order valence-electron chi connectivity index (χ4n) is 3.07. The summed E-state index contributed by atoms with van der Waals surface area (Å²) >= 11 is 0. The van der Waals surface area contributed by atoms with Gasteiger partial charge in [0.05, 0.1) is 6.54 Å². The van der Waals surface area contributed by atoms with Gasteiger partial charge in [-0.2, -0.15) is 0 Å². The first-order valence-electron chi connectivity index (χ1n) is 10.1. The highest BCUT2D eigenvalue weighted by molar-refractivity contribution is 5.93. The van der Waals surface area contributed by atoms with Crippen LogP contribution in [0.2, 0.25) is 0 Å². The maximum Gasteiger partial charge on any atom is 0.227 e. The third kappa shape index (κ3) is 5.84. The van der Waals surface area contributed by atoms with E-state index >= 15 is 0 Å². The fourth-order valence-corrected chi connectivity index (χ4v) is 3.07. The Kier molecular flexibility index (Phi) is 7.06. The minimum atomic E-state index is 0.139. The van der Waals surface area contributed by atoms with Gasteiger partial charge in [-0.3, -0.25) is 4.79 Å². The fraction of sp³-hybridized carbons (Fsp3) is 0.391. The van der Waals surface area contributed by atoms with E-state index in [4.69, 9.17) is 0 Å². The van der Waals surface area contributed by atoms with Gasteiger partial charge in [0.2, 0.25) is 5.91 Å². The molecule has 0 aliphatic heterocycles. The minimum absolute atomic E-state index is 0.139. The molecule has 0 spiro atoms. The highest BCUT2D eigenvalue weighted by atomic mass is 16.1. The molecule has 28 heavy (non-hydrogen) atoms. The number of hydrogen-bond donors (Lipinski definition) is 3. The molecule has 1 amide bonds. The normalized spacial score (nSPS) is 14.3. The van der Waals surface area contributed by atoms with E-state index in [1.54, 1.807) is 0 Å². The molecule has 0 unspecified atom stereocenters. The van der Waals surface area contributed by atoms with Gasteiger partial charge in [-0.1, -0.05) is 48.4 Å². The molecule has 5 heteroatoms. The van der Waals surface area contributed by atoms with Crippen LogP contribution in [0, 0.1) is 12.8 Å². The molecule has 0 atom stereocenters. The summed E-state index contributed by atoms with van der Waals surface area (Å²) in [5.74, 6) is 1.11. The quantitative estimate of drug-likeness (QED) is 0.504. The zero-order valence-electron chi connectivity index (χ0n) is 16.8. The van der Waals surface area contributed by atoms with Gasteiger partial charge in [-0.25, -0.2) is 4.99 Å². The van der Waals surface area contributed by atoms with Crippen molar-refractivity contribution >= 4 is 17.6 Å². The lowest BCUT2D eigenvalue weighted by atomic mass is 9.85. The summed E-state index contributed by atoms with van der Waals surface area (Å²) < 4.78 is 0. The summed E-state index contributed by atoms with van der Waals surface area (Å²) in [4.78, 5) is 16.8. The van der Waals surface area contributed by atoms with Crippen molar-refractivity contribution in [2.75, 3.05) is 11.9 Å². The van der Waals surface area contributed by atoms with Gasteiger partial charge < -0.3 is 16.0 Å². The van der Waals surface area contributed by atoms with Crippen LogP contribution in [-0.2, 0) is 17.9 Å². The molecular weight excluding hydrogens is 348 g/mol. The predicted octanol–water partition coefficient (Wildman–Crippen LogP) is 3.99. The van der Waals surface area contributed by atoms with Crippen molar-refractivity contribution in [3.8, 4) is 0 Å². The van der Waals surface area contributed by atoms with Crippen LogP contribution in [0.1, 0.15) is 42.9 Å². The summed E-state index contributed by atoms with van der Waals surface area (Å²) in [5.41, 5.74) is 4.40. The van der Waals surface area contributed by atoms with Crippen molar-refractivity contribution in [1.82, 2.24) is 10.6 Å². The number of carbonyl (C=O) groups excluding carboxylic acids is 1. The van der Waals surface area contributed by atoms with Crippen LogP contribution in [0.3, 0.4) is 0 Å². The smallest absolute Gasteiger partial charge is 0.227 e. The third-order valence-electron chi connectivity index (χ3n) is 5.02. The zero-order chi connectivity index (χ0) is 19.8. The number of hydrogen-bond acceptors (Lipinski definition) is 2. The molecule has 1 aliphatic carbocycles. The van der Waals surface area contributed by atoms with Crippen molar-refractivity contribution in [2.24, 2.45) is 10.9 Å². The minimum Gasteiger partial charge on any atom is -0.357 e. The molecule has 0 aromatic heterocycles. The SMILES string of the molecule is CCNC(=NCc1cccc(NC(=O)C2CCC2)c1)NCc1ccc(C)cc1. The first-order valence-corrected chi connectivity index (χ1v) is 10.1. The van der Waals surface area contributed by atoms with E-state index in [1.165, 1.54) is 11.1 Å². The second-order valence-corrected chi connectivity index (χ2v) is 7.35. The summed E-state index contributed by atoms with van der Waals surface area (Å²) in [6.45, 7) is 6.22. The number of anilines is 1. The molecule has 2 aromatic rings. The first-order chi connectivity index (χ1) is 13.6. The summed E-state index contributed by atoms with van der Waals surface area (Å²) in [7, 11) is 0. The molecule has 1 aliphatic rings. The molecule has 3 rings (SSSR count). The monoisotopic (exact) mass is 378 g/mol. The molecule has 1 fully saturated rings. The standard InChI is InChI=1S/C23H30N4O/c1-3-24-23(25-15-18-12-10-17(2)11-13-18)26-16-19-6-4-9-21(14-19)27-22(28)20-7-5-8-20/h4,6,9-14,20H,3,5,7-8,15-16H2,1-2H3,(H,27,28)(H2,24,25,26). The van der Waals surface area contributed by atoms with Crippen LogP contribution in [0.25, 0.3) is 0 Å². The molecule has 1 saturated carbocycles. The molecule has 0 heterocycles. The highest BCUT2D eigenvalue weighted by Gasteiger charge is 2.25. The summed E-state index contributed by atoms with van der Waals surface area (Å²) in [5, 5.41) is 9.68. The van der Waals surface area contributed by atoms with Crippen molar-refractivity contribution in [2.45, 2.75) is 46.2 Å². The lowest BCUT2D eigenvalue weighted by Crippen LogP contribution is -2.36. The molecule has 2 aromatic carbocycles. The number of amides is 1. The van der Waals surface area contributed by atoms with Gasteiger partial charge in [0.25, 0.3) is 0 Å². The van der Waals surface area contributed by atoms with E-state index in [-0.39, 0.29) is 11.8 Å². The van der Waals surface area contributed by atoms with Crippen LogP contribution in [0.5, 0.6) is 0 Å².